The van der Waals surface area contributed by atoms with Crippen LogP contribution in [0.2, 0.25) is 0 Å². The molecule has 5 aliphatic rings. The van der Waals surface area contributed by atoms with E-state index >= 15 is 4.39 Å². The molecule has 6 atom stereocenters. The summed E-state index contributed by atoms with van der Waals surface area (Å²) >= 11 is 0. The van der Waals surface area contributed by atoms with E-state index in [2.05, 4.69) is 35.1 Å². The van der Waals surface area contributed by atoms with Gasteiger partial charge in [-0.25, -0.2) is 4.39 Å². The number of nitrogens with zero attached hydrogens (tertiary/aromatic N) is 1. The van der Waals surface area contributed by atoms with Crippen LogP contribution < -0.4 is 4.90 Å². The molecule has 4 aliphatic carbocycles. The van der Waals surface area contributed by atoms with Crippen LogP contribution in [0.3, 0.4) is 0 Å². The van der Waals surface area contributed by atoms with Crippen LogP contribution in [-0.4, -0.2) is 50.7 Å². The van der Waals surface area contributed by atoms with Gasteiger partial charge in [0.1, 0.15) is 12.8 Å². The number of benzene rings is 1. The van der Waals surface area contributed by atoms with Gasteiger partial charge in [-0.05, 0) is 97.1 Å². The number of allylic oxidation sites excluding steroid dienone is 4. The van der Waals surface area contributed by atoms with Crippen LogP contribution in [0, 0.1) is 34.5 Å². The number of Topliss-reactive ketones (excluding diaryl/α,β-unsaturated/α-hetero) is 1. The summed E-state index contributed by atoms with van der Waals surface area (Å²) in [5.74, 6) is 2.70. The largest absolute Gasteiger partial charge is 0.457 e. The van der Waals surface area contributed by atoms with Gasteiger partial charge in [0.15, 0.2) is 11.6 Å². The molecule has 1 aromatic rings. The predicted molar refractivity (Wildman–Crippen MR) is 152 cm³/mol. The zero-order valence-corrected chi connectivity index (χ0v) is 24.2. The van der Waals surface area contributed by atoms with Crippen molar-refractivity contribution in [3.05, 3.63) is 52.6 Å². The average molecular weight is 584 g/mol. The molecule has 8 heteroatoms. The monoisotopic (exact) mass is 583 g/mol. The van der Waals surface area contributed by atoms with Crippen molar-refractivity contribution in [2.24, 2.45) is 22.7 Å². The maximum Gasteiger partial charge on any atom is 0.457 e. The van der Waals surface area contributed by atoms with E-state index in [9.17, 15) is 22.8 Å². The molecule has 0 N–H and O–H groups in total. The second kappa shape index (κ2) is 10.7. The SMILES string of the molecule is COCC(=O)[C@@]1(C#CC(F)(F)F)CC[C@H]2[C@@H]3CC(F)C4=CC(=O)CCC4=C3[C@@H](c3ccc(N4CCCC4)cc3)C[C@@]21C. The molecule has 1 aromatic carbocycles. The first kappa shape index (κ1) is 29.2. The first-order valence-corrected chi connectivity index (χ1v) is 15.1. The molecular weight excluding hydrogens is 546 g/mol. The van der Waals surface area contributed by atoms with Crippen molar-refractivity contribution < 1.29 is 31.9 Å². The maximum absolute atomic E-state index is 15.9. The van der Waals surface area contributed by atoms with Gasteiger partial charge >= 0.3 is 6.18 Å². The highest BCUT2D eigenvalue weighted by Crippen LogP contribution is 2.70. The van der Waals surface area contributed by atoms with E-state index in [1.165, 1.54) is 19.1 Å². The molecule has 1 aliphatic heterocycles. The number of carbonyl (C=O) groups excluding carboxylic acids is 2. The molecule has 1 saturated heterocycles. The van der Waals surface area contributed by atoms with Crippen LogP contribution in [0.1, 0.15) is 69.8 Å². The van der Waals surface area contributed by atoms with Gasteiger partial charge in [0, 0.05) is 44.1 Å². The Morgan fingerprint density at radius 3 is 2.52 bits per heavy atom. The Kier molecular flexibility index (Phi) is 7.40. The van der Waals surface area contributed by atoms with Gasteiger partial charge in [-0.15, -0.1) is 0 Å². The highest BCUT2D eigenvalue weighted by Gasteiger charge is 2.66. The number of hydrogen-bond acceptors (Lipinski definition) is 4. The van der Waals surface area contributed by atoms with Crippen molar-refractivity contribution in [2.45, 2.75) is 76.6 Å². The lowest BCUT2D eigenvalue weighted by molar-refractivity contribution is -0.137. The molecule has 0 bridgehead atoms. The van der Waals surface area contributed by atoms with E-state index in [1.54, 1.807) is 0 Å². The fraction of sp³-hybridized carbons (Fsp3) is 0.588. The van der Waals surface area contributed by atoms with Crippen molar-refractivity contribution in [3.63, 3.8) is 0 Å². The zero-order chi connectivity index (χ0) is 29.9. The Bertz CT molecular complexity index is 1390. The van der Waals surface area contributed by atoms with E-state index in [1.807, 2.05) is 6.92 Å². The lowest BCUT2D eigenvalue weighted by atomic mass is 9.48. The summed E-state index contributed by atoms with van der Waals surface area (Å²) in [6.07, 6.45) is -0.311. The normalized spacial score (nSPS) is 34.3. The number of fused-ring (bicyclic) bond motifs is 4. The standard InChI is InChI=1S/C34H37F4NO3/c1-32-19-27(21-5-7-22(8-6-21)39-15-3-4-16-39)31-24-10-9-23(40)17-25(24)29(35)18-26(31)28(32)11-12-33(32,30(41)20-42-2)13-14-34(36,37)38/h5-8,17,26-29H,3-4,9-12,15-16,18-20H2,1-2H3/t26-,27+,28-,29?,32-,33-/m0/s1. The minimum absolute atomic E-state index is 0.0740. The molecule has 224 valence electrons. The Morgan fingerprint density at radius 1 is 1.14 bits per heavy atom. The molecule has 2 saturated carbocycles. The summed E-state index contributed by atoms with van der Waals surface area (Å²) in [6, 6.07) is 8.36. The van der Waals surface area contributed by atoms with Crippen LogP contribution >= 0.6 is 0 Å². The van der Waals surface area contributed by atoms with E-state index in [0.29, 0.717) is 31.3 Å². The van der Waals surface area contributed by atoms with Crippen LogP contribution in [0.5, 0.6) is 0 Å². The lowest BCUT2D eigenvalue weighted by Gasteiger charge is -2.55. The van der Waals surface area contributed by atoms with Crippen LogP contribution in [0.25, 0.3) is 0 Å². The first-order valence-electron chi connectivity index (χ1n) is 15.1. The smallest absolute Gasteiger partial charge is 0.377 e. The number of hydrogen-bond donors (Lipinski definition) is 0. The number of anilines is 1. The molecule has 6 rings (SSSR count). The van der Waals surface area contributed by atoms with Crippen molar-refractivity contribution in [3.8, 4) is 11.8 Å². The van der Waals surface area contributed by atoms with Gasteiger partial charge in [0.05, 0.1) is 5.41 Å². The number of carbonyl (C=O) groups is 2. The van der Waals surface area contributed by atoms with E-state index in [0.717, 1.165) is 48.3 Å². The zero-order valence-electron chi connectivity index (χ0n) is 24.2. The summed E-state index contributed by atoms with van der Waals surface area (Å²) in [6.45, 7) is 3.58. The van der Waals surface area contributed by atoms with E-state index in [4.69, 9.17) is 4.74 Å². The number of ether oxygens (including phenoxy) is 1. The summed E-state index contributed by atoms with van der Waals surface area (Å²) in [5, 5.41) is 0. The molecule has 0 amide bonds. The molecule has 0 aromatic heterocycles. The molecule has 1 unspecified atom stereocenters. The first-order chi connectivity index (χ1) is 20.0. The van der Waals surface area contributed by atoms with Gasteiger partial charge in [0.2, 0.25) is 0 Å². The number of halogens is 4. The number of rotatable bonds is 5. The highest BCUT2D eigenvalue weighted by molar-refractivity contribution is 5.93. The van der Waals surface area contributed by atoms with Gasteiger partial charge in [-0.3, -0.25) is 9.59 Å². The average Bonchev–Trinajstić information content (AvgIpc) is 3.59. The summed E-state index contributed by atoms with van der Waals surface area (Å²) in [7, 11) is 1.36. The van der Waals surface area contributed by atoms with Crippen molar-refractivity contribution in [1.82, 2.24) is 0 Å². The molecule has 3 fully saturated rings. The summed E-state index contributed by atoms with van der Waals surface area (Å²) < 4.78 is 61.5. The Labute approximate surface area is 244 Å². The Balaban J connectivity index is 1.51. The third-order valence-corrected chi connectivity index (χ3v) is 10.9. The van der Waals surface area contributed by atoms with Gasteiger partial charge in [-0.2, -0.15) is 13.2 Å². The van der Waals surface area contributed by atoms with Crippen LogP contribution in [0.15, 0.2) is 47.1 Å². The van der Waals surface area contributed by atoms with Gasteiger partial charge in [0.25, 0.3) is 0 Å². The predicted octanol–water partition coefficient (Wildman–Crippen LogP) is 6.90. The third kappa shape index (κ3) is 4.72. The summed E-state index contributed by atoms with van der Waals surface area (Å²) in [4.78, 5) is 28.4. The number of ketones is 2. The minimum atomic E-state index is -4.75. The molecule has 42 heavy (non-hydrogen) atoms. The Morgan fingerprint density at radius 2 is 1.86 bits per heavy atom. The van der Waals surface area contributed by atoms with Crippen molar-refractivity contribution in [2.75, 3.05) is 31.7 Å². The van der Waals surface area contributed by atoms with E-state index < -0.39 is 29.0 Å². The fourth-order valence-electron chi connectivity index (χ4n) is 9.02. The number of alkyl halides is 4. The molecule has 4 nitrogen and oxygen atoms in total. The summed E-state index contributed by atoms with van der Waals surface area (Å²) in [5.41, 5.74) is 2.12. The third-order valence-electron chi connectivity index (χ3n) is 10.9. The lowest BCUT2D eigenvalue weighted by Crippen LogP contribution is -2.52. The van der Waals surface area contributed by atoms with Crippen molar-refractivity contribution in [1.29, 1.82) is 0 Å². The highest BCUT2D eigenvalue weighted by atomic mass is 19.4. The number of methoxy groups -OCH3 is 1. The second-order valence-electron chi connectivity index (χ2n) is 12.9. The Hall–Kier alpha value is -2.92. The quantitative estimate of drug-likeness (QED) is 0.280. The fourth-order valence-corrected chi connectivity index (χ4v) is 9.02. The molecule has 0 spiro atoms. The molecular formula is C34H37F4NO3. The maximum atomic E-state index is 15.9. The van der Waals surface area contributed by atoms with Crippen molar-refractivity contribution >= 4 is 17.3 Å². The van der Waals surface area contributed by atoms with Crippen LogP contribution in [0.4, 0.5) is 23.2 Å². The topological polar surface area (TPSA) is 46.6 Å². The minimum Gasteiger partial charge on any atom is -0.377 e. The van der Waals surface area contributed by atoms with Crippen LogP contribution in [-0.2, 0) is 14.3 Å². The van der Waals surface area contributed by atoms with Gasteiger partial charge < -0.3 is 9.64 Å². The molecule has 0 radical (unpaired) electrons. The van der Waals surface area contributed by atoms with Gasteiger partial charge in [-0.1, -0.05) is 30.6 Å². The molecule has 1 heterocycles. The second-order valence-corrected chi connectivity index (χ2v) is 12.9. The van der Waals surface area contributed by atoms with E-state index in [-0.39, 0.29) is 43.0 Å².